The number of anilines is 1. The lowest BCUT2D eigenvalue weighted by atomic mass is 10.2. The minimum Gasteiger partial charge on any atom is -0.394 e. The summed E-state index contributed by atoms with van der Waals surface area (Å²) in [6.45, 7) is 0.660. The monoisotopic (exact) mass is 336 g/mol. The van der Waals surface area contributed by atoms with Crippen LogP contribution in [0.25, 0.3) is 0 Å². The molecule has 1 aliphatic rings. The number of halogens is 3. The molecular formula is C13H15F3N2O3S. The van der Waals surface area contributed by atoms with Crippen molar-refractivity contribution in [1.29, 1.82) is 0 Å². The number of aliphatic hydroxyl groups excluding tert-OH is 1. The number of nitrogens with zero attached hydrogens (tertiary/aromatic N) is 1. The standard InChI is InChI=1S/C13H15F3N2O3S/c14-13(15,16)22-11-3-1-2-9(6-11)17-12(20)18-4-5-21-8-10(18)7-19/h1-3,6,10,19H,4-5,7-8H2,(H,17,20)/t10-/m1/s1. The van der Waals surface area contributed by atoms with Gasteiger partial charge in [-0.2, -0.15) is 13.2 Å². The smallest absolute Gasteiger partial charge is 0.394 e. The average molecular weight is 336 g/mol. The lowest BCUT2D eigenvalue weighted by Crippen LogP contribution is -2.52. The van der Waals surface area contributed by atoms with Gasteiger partial charge in [0.2, 0.25) is 0 Å². The highest BCUT2D eigenvalue weighted by atomic mass is 32.2. The van der Waals surface area contributed by atoms with Crippen LogP contribution in [0, 0.1) is 0 Å². The summed E-state index contributed by atoms with van der Waals surface area (Å²) in [6.07, 6.45) is 0. The molecule has 2 rings (SSSR count). The molecule has 2 N–H and O–H groups in total. The van der Waals surface area contributed by atoms with Crippen LogP contribution in [0.4, 0.5) is 23.7 Å². The molecule has 0 radical (unpaired) electrons. The third-order valence-corrected chi connectivity index (χ3v) is 3.74. The minimum absolute atomic E-state index is 0.00835. The third kappa shape index (κ3) is 4.79. The largest absolute Gasteiger partial charge is 0.446 e. The summed E-state index contributed by atoms with van der Waals surface area (Å²) in [5.41, 5.74) is -4.11. The van der Waals surface area contributed by atoms with Crippen LogP contribution >= 0.6 is 11.8 Å². The second kappa shape index (κ2) is 7.21. The molecule has 0 aliphatic carbocycles. The highest BCUT2D eigenvalue weighted by Gasteiger charge is 2.30. The van der Waals surface area contributed by atoms with Gasteiger partial charge in [0.25, 0.3) is 0 Å². The summed E-state index contributed by atoms with van der Waals surface area (Å²) in [6, 6.07) is 4.58. The molecule has 0 bridgehead atoms. The van der Waals surface area contributed by atoms with Gasteiger partial charge in [-0.3, -0.25) is 0 Å². The number of nitrogens with one attached hydrogen (secondary N) is 1. The number of hydrogen-bond donors (Lipinski definition) is 2. The van der Waals surface area contributed by atoms with Crippen LogP contribution in [0.2, 0.25) is 0 Å². The van der Waals surface area contributed by atoms with E-state index in [-0.39, 0.29) is 35.6 Å². The molecule has 9 heteroatoms. The molecule has 1 heterocycles. The maximum absolute atomic E-state index is 12.3. The number of urea groups is 1. The average Bonchev–Trinajstić information content (AvgIpc) is 2.45. The number of aliphatic hydroxyl groups is 1. The van der Waals surface area contributed by atoms with Crippen molar-refractivity contribution in [1.82, 2.24) is 4.90 Å². The normalized spacial score (nSPS) is 19.1. The van der Waals surface area contributed by atoms with Crippen molar-refractivity contribution in [3.8, 4) is 0 Å². The zero-order chi connectivity index (χ0) is 16.2. The van der Waals surface area contributed by atoms with Crippen LogP contribution in [-0.4, -0.2) is 54.0 Å². The summed E-state index contributed by atoms with van der Waals surface area (Å²) >= 11 is -0.242. The number of amides is 2. The summed E-state index contributed by atoms with van der Waals surface area (Å²) in [5.74, 6) is 0. The predicted molar refractivity (Wildman–Crippen MR) is 75.8 cm³/mol. The first kappa shape index (κ1) is 16.9. The van der Waals surface area contributed by atoms with E-state index < -0.39 is 17.6 Å². The van der Waals surface area contributed by atoms with Crippen LogP contribution in [-0.2, 0) is 4.74 Å². The molecule has 1 aliphatic heterocycles. The van der Waals surface area contributed by atoms with Gasteiger partial charge in [-0.05, 0) is 30.0 Å². The number of rotatable bonds is 3. The van der Waals surface area contributed by atoms with E-state index >= 15 is 0 Å². The van der Waals surface area contributed by atoms with Gasteiger partial charge in [0, 0.05) is 17.1 Å². The quantitative estimate of drug-likeness (QED) is 0.833. The minimum atomic E-state index is -4.38. The zero-order valence-electron chi connectivity index (χ0n) is 11.5. The van der Waals surface area contributed by atoms with Gasteiger partial charge in [-0.15, -0.1) is 0 Å². The van der Waals surface area contributed by atoms with Gasteiger partial charge in [0.15, 0.2) is 0 Å². The predicted octanol–water partition coefficient (Wildman–Crippen LogP) is 2.52. The topological polar surface area (TPSA) is 61.8 Å². The molecule has 0 spiro atoms. The van der Waals surface area contributed by atoms with Crippen molar-refractivity contribution >= 4 is 23.5 Å². The van der Waals surface area contributed by atoms with Crippen LogP contribution in [0.5, 0.6) is 0 Å². The van der Waals surface area contributed by atoms with E-state index in [0.29, 0.717) is 13.2 Å². The summed E-state index contributed by atoms with van der Waals surface area (Å²) in [7, 11) is 0. The van der Waals surface area contributed by atoms with E-state index in [9.17, 15) is 23.1 Å². The number of morpholine rings is 1. The van der Waals surface area contributed by atoms with E-state index in [1.54, 1.807) is 0 Å². The van der Waals surface area contributed by atoms with E-state index in [4.69, 9.17) is 4.74 Å². The third-order valence-electron chi connectivity index (χ3n) is 3.02. The molecule has 2 amide bonds. The highest BCUT2D eigenvalue weighted by molar-refractivity contribution is 8.00. The fourth-order valence-corrected chi connectivity index (χ4v) is 2.64. The molecule has 0 unspecified atom stereocenters. The molecule has 1 aromatic carbocycles. The van der Waals surface area contributed by atoms with Crippen LogP contribution in [0.15, 0.2) is 29.2 Å². The molecule has 22 heavy (non-hydrogen) atoms. The SMILES string of the molecule is O=C(Nc1cccc(SC(F)(F)F)c1)N1CCOC[C@H]1CO. The zero-order valence-corrected chi connectivity index (χ0v) is 12.3. The molecule has 5 nitrogen and oxygen atoms in total. The number of thioether (sulfide) groups is 1. The number of carbonyl (C=O) groups excluding carboxylic acids is 1. The molecule has 0 aromatic heterocycles. The molecule has 1 atom stereocenters. The highest BCUT2D eigenvalue weighted by Crippen LogP contribution is 2.37. The molecule has 122 valence electrons. The van der Waals surface area contributed by atoms with Crippen LogP contribution < -0.4 is 5.32 Å². The van der Waals surface area contributed by atoms with Crippen molar-refractivity contribution in [3.05, 3.63) is 24.3 Å². The van der Waals surface area contributed by atoms with Gasteiger partial charge in [-0.1, -0.05) is 6.07 Å². The molecule has 0 saturated carbocycles. The van der Waals surface area contributed by atoms with Crippen molar-refractivity contribution in [2.45, 2.75) is 16.4 Å². The van der Waals surface area contributed by atoms with E-state index in [1.807, 2.05) is 0 Å². The second-order valence-electron chi connectivity index (χ2n) is 4.61. The maximum Gasteiger partial charge on any atom is 0.446 e. The first-order valence-corrected chi connectivity index (χ1v) is 7.33. The first-order valence-electron chi connectivity index (χ1n) is 6.51. The molecule has 1 saturated heterocycles. The van der Waals surface area contributed by atoms with Gasteiger partial charge in [-0.25, -0.2) is 4.79 Å². The van der Waals surface area contributed by atoms with Gasteiger partial charge in [0.1, 0.15) is 0 Å². The lowest BCUT2D eigenvalue weighted by molar-refractivity contribution is -0.0328. The number of benzene rings is 1. The lowest BCUT2D eigenvalue weighted by Gasteiger charge is -2.34. The van der Waals surface area contributed by atoms with Crippen LogP contribution in [0.3, 0.4) is 0 Å². The Morgan fingerprint density at radius 1 is 1.50 bits per heavy atom. The Bertz CT molecular complexity index is 527. The summed E-state index contributed by atoms with van der Waals surface area (Å²) in [4.78, 5) is 13.6. The molecular weight excluding hydrogens is 321 g/mol. The fraction of sp³-hybridized carbons (Fsp3) is 0.462. The Kier molecular flexibility index (Phi) is 5.54. The second-order valence-corrected chi connectivity index (χ2v) is 5.75. The van der Waals surface area contributed by atoms with Crippen molar-refractivity contribution in [2.75, 3.05) is 31.7 Å². The van der Waals surface area contributed by atoms with Gasteiger partial charge in [0.05, 0.1) is 25.9 Å². The Morgan fingerprint density at radius 3 is 2.95 bits per heavy atom. The van der Waals surface area contributed by atoms with Crippen molar-refractivity contribution < 1.29 is 27.8 Å². The van der Waals surface area contributed by atoms with E-state index in [1.165, 1.54) is 29.2 Å². The Hall–Kier alpha value is -1.45. The van der Waals surface area contributed by atoms with E-state index in [0.717, 1.165) is 0 Å². The number of alkyl halides is 3. The Balaban J connectivity index is 2.03. The van der Waals surface area contributed by atoms with Gasteiger partial charge >= 0.3 is 11.5 Å². The number of carbonyl (C=O) groups is 1. The molecule has 1 aromatic rings. The van der Waals surface area contributed by atoms with Gasteiger partial charge < -0.3 is 20.1 Å². The Labute approximate surface area is 129 Å². The molecule has 1 fully saturated rings. The summed E-state index contributed by atoms with van der Waals surface area (Å²) in [5, 5.41) is 11.8. The van der Waals surface area contributed by atoms with Crippen molar-refractivity contribution in [3.63, 3.8) is 0 Å². The van der Waals surface area contributed by atoms with E-state index in [2.05, 4.69) is 5.32 Å². The summed E-state index contributed by atoms with van der Waals surface area (Å²) < 4.78 is 42.2. The number of hydrogen-bond acceptors (Lipinski definition) is 4. The van der Waals surface area contributed by atoms with Crippen molar-refractivity contribution in [2.24, 2.45) is 0 Å². The first-order chi connectivity index (χ1) is 10.4. The fourth-order valence-electron chi connectivity index (χ4n) is 2.04. The maximum atomic E-state index is 12.3. The number of ether oxygens (including phenoxy) is 1. The van der Waals surface area contributed by atoms with Crippen LogP contribution in [0.1, 0.15) is 0 Å². The Morgan fingerprint density at radius 2 is 2.27 bits per heavy atom.